The van der Waals surface area contributed by atoms with Crippen LogP contribution in [0.3, 0.4) is 0 Å². The minimum absolute atomic E-state index is 0.0130. The third-order valence-corrected chi connectivity index (χ3v) is 7.59. The molecule has 6 rings (SSSR count). The molecule has 2 amide bonds. The molecule has 3 unspecified atom stereocenters. The summed E-state index contributed by atoms with van der Waals surface area (Å²) >= 11 is 0. The van der Waals surface area contributed by atoms with Gasteiger partial charge in [-0.05, 0) is 79.3 Å². The number of amides is 2. The fourth-order valence-corrected chi connectivity index (χ4v) is 5.73. The maximum absolute atomic E-state index is 13.2. The minimum atomic E-state index is -4.50. The standard InChI is InChI=1S/C28H29F3N4O2/c1-3-17-16-35-12-10-18(17)13-25(35)26(22-9-11-32-24-8-7-21(37-2)15-23(22)24)34-27(36)33-20-6-4-5-19(14-20)28(29,30)31/h3-9,11,14-15,17-18,25-26H,1,10,12-13,16H2,2H3,(H2,33,34,36)/t17?,18?,25-,26-/m0/s1. The van der Waals surface area contributed by atoms with Gasteiger partial charge in [-0.3, -0.25) is 9.88 Å². The van der Waals surface area contributed by atoms with E-state index in [-0.39, 0.29) is 11.7 Å². The predicted molar refractivity (Wildman–Crippen MR) is 136 cm³/mol. The highest BCUT2D eigenvalue weighted by Crippen LogP contribution is 2.42. The summed E-state index contributed by atoms with van der Waals surface area (Å²) in [5.41, 5.74) is 0.906. The SMILES string of the molecule is C=CC1CN2CCC1C[C@H]2[C@@H](NC(=O)Nc1cccc(C(F)(F)F)c1)c1ccnc2ccc(OC)cc12. The van der Waals surface area contributed by atoms with Crippen molar-refractivity contribution in [1.29, 1.82) is 0 Å². The Morgan fingerprint density at radius 1 is 1.24 bits per heavy atom. The number of carbonyl (C=O) groups excluding carboxylic acids is 1. The van der Waals surface area contributed by atoms with E-state index in [0.29, 0.717) is 17.6 Å². The number of hydrogen-bond acceptors (Lipinski definition) is 4. The van der Waals surface area contributed by atoms with Crippen molar-refractivity contribution < 1.29 is 22.7 Å². The van der Waals surface area contributed by atoms with E-state index in [1.807, 2.05) is 30.3 Å². The minimum Gasteiger partial charge on any atom is -0.497 e. The number of hydrogen-bond donors (Lipinski definition) is 2. The molecule has 1 aromatic heterocycles. The van der Waals surface area contributed by atoms with E-state index in [2.05, 4.69) is 27.1 Å². The first-order chi connectivity index (χ1) is 17.8. The third-order valence-electron chi connectivity index (χ3n) is 7.59. The number of halogens is 3. The Kier molecular flexibility index (Phi) is 6.81. The Bertz CT molecular complexity index is 1310. The summed E-state index contributed by atoms with van der Waals surface area (Å²) in [6, 6.07) is 11.2. The van der Waals surface area contributed by atoms with Crippen LogP contribution in [0.4, 0.5) is 23.7 Å². The number of carbonyl (C=O) groups is 1. The van der Waals surface area contributed by atoms with Gasteiger partial charge in [0, 0.05) is 29.9 Å². The van der Waals surface area contributed by atoms with Gasteiger partial charge < -0.3 is 15.4 Å². The van der Waals surface area contributed by atoms with Crippen molar-refractivity contribution in [2.24, 2.45) is 11.8 Å². The predicted octanol–water partition coefficient (Wildman–Crippen LogP) is 6.02. The van der Waals surface area contributed by atoms with Crippen LogP contribution in [0.25, 0.3) is 10.9 Å². The van der Waals surface area contributed by atoms with Crippen molar-refractivity contribution in [2.75, 3.05) is 25.5 Å². The molecule has 5 atom stereocenters. The van der Waals surface area contributed by atoms with E-state index in [9.17, 15) is 18.0 Å². The van der Waals surface area contributed by atoms with Crippen LogP contribution in [-0.4, -0.2) is 42.2 Å². The number of alkyl halides is 3. The van der Waals surface area contributed by atoms with Crippen molar-refractivity contribution in [1.82, 2.24) is 15.2 Å². The summed E-state index contributed by atoms with van der Waals surface area (Å²) in [5.74, 6) is 1.54. The van der Waals surface area contributed by atoms with Crippen molar-refractivity contribution >= 4 is 22.6 Å². The average molecular weight is 511 g/mol. The highest BCUT2D eigenvalue weighted by molar-refractivity contribution is 5.91. The molecule has 0 saturated carbocycles. The number of fused-ring (bicyclic) bond motifs is 4. The van der Waals surface area contributed by atoms with Gasteiger partial charge in [-0.25, -0.2) is 4.79 Å². The van der Waals surface area contributed by atoms with Gasteiger partial charge in [-0.15, -0.1) is 6.58 Å². The first-order valence-corrected chi connectivity index (χ1v) is 12.3. The van der Waals surface area contributed by atoms with E-state index in [1.165, 1.54) is 12.1 Å². The van der Waals surface area contributed by atoms with Crippen molar-refractivity contribution in [3.8, 4) is 5.75 Å². The zero-order chi connectivity index (χ0) is 26.2. The van der Waals surface area contributed by atoms with Gasteiger partial charge in [0.2, 0.25) is 0 Å². The van der Waals surface area contributed by atoms with E-state index < -0.39 is 23.8 Å². The van der Waals surface area contributed by atoms with E-state index in [0.717, 1.165) is 54.5 Å². The summed E-state index contributed by atoms with van der Waals surface area (Å²) in [6.07, 6.45) is 1.18. The van der Waals surface area contributed by atoms with Crippen LogP contribution in [-0.2, 0) is 6.18 Å². The Labute approximate surface area is 213 Å². The van der Waals surface area contributed by atoms with E-state index in [1.54, 1.807) is 13.3 Å². The molecule has 3 aliphatic heterocycles. The highest BCUT2D eigenvalue weighted by atomic mass is 19.4. The maximum atomic E-state index is 13.2. The second-order valence-electron chi connectivity index (χ2n) is 9.68. The summed E-state index contributed by atoms with van der Waals surface area (Å²) in [7, 11) is 1.59. The van der Waals surface area contributed by atoms with Crippen LogP contribution in [0.1, 0.15) is 30.0 Å². The Morgan fingerprint density at radius 2 is 2.08 bits per heavy atom. The molecule has 2 aromatic carbocycles. The van der Waals surface area contributed by atoms with Gasteiger partial charge in [0.15, 0.2) is 0 Å². The first-order valence-electron chi connectivity index (χ1n) is 12.3. The number of urea groups is 1. The average Bonchev–Trinajstić information content (AvgIpc) is 2.91. The smallest absolute Gasteiger partial charge is 0.416 e. The van der Waals surface area contributed by atoms with Gasteiger partial charge in [0.25, 0.3) is 0 Å². The van der Waals surface area contributed by atoms with E-state index in [4.69, 9.17) is 4.74 Å². The Balaban J connectivity index is 1.49. The molecule has 3 aliphatic rings. The molecule has 3 aromatic rings. The molecule has 9 heteroatoms. The van der Waals surface area contributed by atoms with E-state index >= 15 is 0 Å². The Hall–Kier alpha value is -3.59. The molecule has 0 radical (unpaired) electrons. The number of benzene rings is 2. The lowest BCUT2D eigenvalue weighted by molar-refractivity contribution is -0.137. The largest absolute Gasteiger partial charge is 0.497 e. The van der Waals surface area contributed by atoms with Crippen molar-refractivity contribution in [3.63, 3.8) is 0 Å². The third kappa shape index (κ3) is 5.13. The van der Waals surface area contributed by atoms with Gasteiger partial charge >= 0.3 is 12.2 Å². The van der Waals surface area contributed by atoms with Crippen molar-refractivity contribution in [2.45, 2.75) is 31.1 Å². The van der Waals surface area contributed by atoms with Crippen LogP contribution in [0, 0.1) is 11.8 Å². The fraction of sp³-hybridized carbons (Fsp3) is 0.357. The lowest BCUT2D eigenvalue weighted by Gasteiger charge is -2.51. The second kappa shape index (κ2) is 10.0. The number of methoxy groups -OCH3 is 1. The van der Waals surface area contributed by atoms with Crippen LogP contribution >= 0.6 is 0 Å². The summed E-state index contributed by atoms with van der Waals surface area (Å²) in [6.45, 7) is 5.78. The molecule has 2 N–H and O–H groups in total. The maximum Gasteiger partial charge on any atom is 0.416 e. The molecular formula is C28H29F3N4O2. The van der Waals surface area contributed by atoms with Gasteiger partial charge in [-0.2, -0.15) is 13.2 Å². The van der Waals surface area contributed by atoms with Gasteiger partial charge in [-0.1, -0.05) is 12.1 Å². The molecule has 4 heterocycles. The lowest BCUT2D eigenvalue weighted by atomic mass is 9.73. The molecular weight excluding hydrogens is 481 g/mol. The number of rotatable bonds is 6. The van der Waals surface area contributed by atoms with Gasteiger partial charge in [0.05, 0.1) is 24.2 Å². The fourth-order valence-electron chi connectivity index (χ4n) is 5.73. The molecule has 194 valence electrons. The number of ether oxygens (including phenoxy) is 1. The monoisotopic (exact) mass is 510 g/mol. The zero-order valence-corrected chi connectivity index (χ0v) is 20.5. The Morgan fingerprint density at radius 3 is 2.78 bits per heavy atom. The summed E-state index contributed by atoms with van der Waals surface area (Å²) in [5, 5.41) is 6.55. The van der Waals surface area contributed by atoms with Crippen molar-refractivity contribution in [3.05, 3.63) is 78.5 Å². The van der Waals surface area contributed by atoms with Gasteiger partial charge in [0.1, 0.15) is 5.75 Å². The number of pyridine rings is 1. The number of aromatic nitrogens is 1. The number of nitrogens with one attached hydrogen (secondary N) is 2. The molecule has 3 saturated heterocycles. The number of anilines is 1. The van der Waals surface area contributed by atoms with Crippen LogP contribution in [0.5, 0.6) is 5.75 Å². The summed E-state index contributed by atoms with van der Waals surface area (Å²) in [4.78, 5) is 20.1. The second-order valence-corrected chi connectivity index (χ2v) is 9.68. The quantitative estimate of drug-likeness (QED) is 0.398. The zero-order valence-electron chi connectivity index (χ0n) is 20.5. The van der Waals surface area contributed by atoms with Crippen LogP contribution < -0.4 is 15.4 Å². The topological polar surface area (TPSA) is 66.5 Å². The highest BCUT2D eigenvalue weighted by Gasteiger charge is 2.43. The molecule has 6 nitrogen and oxygen atoms in total. The molecule has 37 heavy (non-hydrogen) atoms. The molecule has 0 aliphatic carbocycles. The molecule has 0 spiro atoms. The first kappa shape index (κ1) is 25.1. The summed E-state index contributed by atoms with van der Waals surface area (Å²) < 4.78 is 45.0. The lowest BCUT2D eigenvalue weighted by Crippen LogP contribution is -2.57. The normalized spacial score (nSPS) is 23.9. The van der Waals surface area contributed by atoms with Crippen LogP contribution in [0.2, 0.25) is 0 Å². The molecule has 3 fully saturated rings. The van der Waals surface area contributed by atoms with Crippen LogP contribution in [0.15, 0.2) is 67.4 Å². The molecule has 2 bridgehead atoms. The number of piperidine rings is 3. The number of nitrogens with zero attached hydrogens (tertiary/aromatic N) is 2.